The van der Waals surface area contributed by atoms with Crippen molar-refractivity contribution in [1.29, 1.82) is 0 Å². The number of fused-ring (bicyclic) bond motifs is 2. The number of amides is 2. The maximum Gasteiger partial charge on any atom is 0.262 e. The molecule has 1 aliphatic heterocycles. The highest BCUT2D eigenvalue weighted by Gasteiger charge is 2.42. The molecule has 4 heterocycles. The van der Waals surface area contributed by atoms with Gasteiger partial charge in [0.2, 0.25) is 0 Å². The van der Waals surface area contributed by atoms with Gasteiger partial charge in [0.25, 0.3) is 11.8 Å². The van der Waals surface area contributed by atoms with E-state index in [0.717, 1.165) is 53.0 Å². The number of unbranched alkanes of at least 4 members (excludes halogenated alkanes) is 5. The zero-order chi connectivity index (χ0) is 27.5. The predicted octanol–water partition coefficient (Wildman–Crippen LogP) is 10.4. The largest absolute Gasteiger partial charge is 0.274 e. The van der Waals surface area contributed by atoms with Crippen molar-refractivity contribution >= 4 is 89.1 Å². The Morgan fingerprint density at radius 2 is 1.26 bits per heavy atom. The lowest BCUT2D eigenvalue weighted by atomic mass is 9.93. The second-order valence-electron chi connectivity index (χ2n) is 10.2. The number of aromatic nitrogens is 2. The first kappa shape index (κ1) is 29.0. The molecule has 0 N–H and O–H groups in total. The number of halogens is 2. The van der Waals surface area contributed by atoms with Crippen LogP contribution in [0, 0.1) is 5.92 Å². The molecule has 3 aromatic heterocycles. The van der Waals surface area contributed by atoms with E-state index in [1.54, 1.807) is 0 Å². The average molecular weight is 710 g/mol. The minimum atomic E-state index is -0.218. The third-order valence-electron chi connectivity index (χ3n) is 7.40. The summed E-state index contributed by atoms with van der Waals surface area (Å²) in [5.74, 6) is 0.151. The number of imide groups is 1. The maximum absolute atomic E-state index is 14.0. The molecule has 10 heteroatoms. The standard InChI is InChI=1S/C29H31Br2N3O2S3/c1-3-4-5-6-7-8-10-17(2)11-9-16-34-28(35)24-22(18-12-14-20(30)37-18)26-27(33-39-32-26)23(25(24)29(34)36)19-13-15-21(31)38-19/h12-15,17H,3-11,16H2,1-2H3. The van der Waals surface area contributed by atoms with Gasteiger partial charge in [-0.15, -0.1) is 22.7 Å². The Labute approximate surface area is 258 Å². The average Bonchev–Trinajstić information content (AvgIpc) is 3.70. The number of nitrogens with zero attached hydrogens (tertiary/aromatic N) is 3. The molecule has 1 aliphatic rings. The van der Waals surface area contributed by atoms with Crippen molar-refractivity contribution < 1.29 is 9.59 Å². The summed E-state index contributed by atoms with van der Waals surface area (Å²) in [5, 5.41) is 0. The van der Waals surface area contributed by atoms with Crippen LogP contribution in [0.4, 0.5) is 0 Å². The minimum Gasteiger partial charge on any atom is -0.274 e. The monoisotopic (exact) mass is 707 g/mol. The first-order valence-corrected chi connectivity index (χ1v) is 17.6. The van der Waals surface area contributed by atoms with Crippen LogP contribution >= 0.6 is 66.3 Å². The summed E-state index contributed by atoms with van der Waals surface area (Å²) in [5.41, 5.74) is 3.75. The summed E-state index contributed by atoms with van der Waals surface area (Å²) in [6.45, 7) is 4.97. The van der Waals surface area contributed by atoms with Gasteiger partial charge in [0.05, 0.1) is 30.4 Å². The zero-order valence-electron chi connectivity index (χ0n) is 22.1. The Kier molecular flexibility index (Phi) is 9.70. The van der Waals surface area contributed by atoms with Gasteiger partial charge in [-0.05, 0) is 74.9 Å². The highest BCUT2D eigenvalue weighted by atomic mass is 79.9. The van der Waals surface area contributed by atoms with E-state index >= 15 is 0 Å². The molecular weight excluding hydrogens is 678 g/mol. The van der Waals surface area contributed by atoms with Crippen molar-refractivity contribution in [3.8, 4) is 20.9 Å². The maximum atomic E-state index is 14.0. The zero-order valence-corrected chi connectivity index (χ0v) is 27.7. The van der Waals surface area contributed by atoms with Gasteiger partial charge < -0.3 is 0 Å². The SMILES string of the molecule is CCCCCCCCC(C)CCCN1C(=O)c2c(c(-c3ccc(Br)s3)c3nsnc3c2-c2ccc(Br)s2)C1=O. The Morgan fingerprint density at radius 1 is 0.744 bits per heavy atom. The lowest BCUT2D eigenvalue weighted by Gasteiger charge is -2.16. The van der Waals surface area contributed by atoms with Crippen molar-refractivity contribution in [3.05, 3.63) is 43.0 Å². The van der Waals surface area contributed by atoms with Crippen LogP contribution in [0.15, 0.2) is 31.8 Å². The molecule has 0 saturated carbocycles. The summed E-state index contributed by atoms with van der Waals surface area (Å²) < 4.78 is 11.2. The Bertz CT molecular complexity index is 1400. The fourth-order valence-corrected chi connectivity index (χ4v) is 8.83. The second kappa shape index (κ2) is 13.0. The number of benzene rings is 1. The predicted molar refractivity (Wildman–Crippen MR) is 171 cm³/mol. The van der Waals surface area contributed by atoms with E-state index < -0.39 is 0 Å². The molecule has 0 aliphatic carbocycles. The van der Waals surface area contributed by atoms with Crippen molar-refractivity contribution in [2.75, 3.05) is 6.54 Å². The van der Waals surface area contributed by atoms with Crippen LogP contribution in [-0.4, -0.2) is 32.0 Å². The summed E-state index contributed by atoms with van der Waals surface area (Å²) >= 11 is 11.3. The quantitative estimate of drug-likeness (QED) is 0.102. The van der Waals surface area contributed by atoms with E-state index in [9.17, 15) is 9.59 Å². The molecule has 4 aromatic rings. The number of hydrogen-bond donors (Lipinski definition) is 0. The third kappa shape index (κ3) is 6.10. The van der Waals surface area contributed by atoms with Crippen LogP contribution < -0.4 is 0 Å². The number of carbonyl (C=O) groups excluding carboxylic acids is 2. The molecule has 0 radical (unpaired) electrons. The van der Waals surface area contributed by atoms with Crippen molar-refractivity contribution in [1.82, 2.24) is 13.6 Å². The molecule has 39 heavy (non-hydrogen) atoms. The number of carbonyl (C=O) groups is 2. The summed E-state index contributed by atoms with van der Waals surface area (Å²) in [4.78, 5) is 31.2. The lowest BCUT2D eigenvalue weighted by Crippen LogP contribution is -2.31. The Balaban J connectivity index is 1.41. The van der Waals surface area contributed by atoms with E-state index in [1.165, 1.54) is 72.5 Å². The molecule has 0 bridgehead atoms. The van der Waals surface area contributed by atoms with E-state index in [-0.39, 0.29) is 11.8 Å². The molecule has 0 fully saturated rings. The molecule has 5 rings (SSSR count). The van der Waals surface area contributed by atoms with Gasteiger partial charge in [-0.25, -0.2) is 0 Å². The normalized spacial score (nSPS) is 14.1. The van der Waals surface area contributed by atoms with E-state index in [0.29, 0.717) is 34.6 Å². The lowest BCUT2D eigenvalue weighted by molar-refractivity contribution is 0.0650. The molecule has 1 unspecified atom stereocenters. The fourth-order valence-electron chi connectivity index (χ4n) is 5.39. The smallest absolute Gasteiger partial charge is 0.262 e. The summed E-state index contributed by atoms with van der Waals surface area (Å²) in [7, 11) is 0. The highest BCUT2D eigenvalue weighted by Crippen LogP contribution is 2.48. The molecule has 1 aromatic carbocycles. The summed E-state index contributed by atoms with van der Waals surface area (Å²) in [6.07, 6.45) is 10.8. The second-order valence-corrected chi connectivity index (χ2v) is 15.7. The van der Waals surface area contributed by atoms with Gasteiger partial charge in [0.1, 0.15) is 11.0 Å². The Hall–Kier alpha value is -1.46. The van der Waals surface area contributed by atoms with Crippen LogP contribution in [0.25, 0.3) is 31.9 Å². The Morgan fingerprint density at radius 3 is 1.77 bits per heavy atom. The van der Waals surface area contributed by atoms with Crippen molar-refractivity contribution in [3.63, 3.8) is 0 Å². The van der Waals surface area contributed by atoms with Gasteiger partial charge >= 0.3 is 0 Å². The minimum absolute atomic E-state index is 0.218. The van der Waals surface area contributed by atoms with Crippen LogP contribution in [0.5, 0.6) is 0 Å². The first-order chi connectivity index (χ1) is 18.9. The molecular formula is C29H31Br2N3O2S3. The molecule has 2 amide bonds. The van der Waals surface area contributed by atoms with Gasteiger partial charge in [-0.3, -0.25) is 14.5 Å². The van der Waals surface area contributed by atoms with Crippen LogP contribution in [0.2, 0.25) is 0 Å². The fraction of sp³-hybridized carbons (Fsp3) is 0.448. The van der Waals surface area contributed by atoms with Gasteiger partial charge in [-0.1, -0.05) is 58.8 Å². The van der Waals surface area contributed by atoms with Gasteiger partial charge in [0, 0.05) is 27.4 Å². The van der Waals surface area contributed by atoms with Gasteiger partial charge in [0.15, 0.2) is 0 Å². The third-order valence-corrected chi connectivity index (χ3v) is 11.2. The number of rotatable bonds is 13. The number of thiophene rings is 2. The van der Waals surface area contributed by atoms with E-state index in [4.69, 9.17) is 0 Å². The first-order valence-electron chi connectivity index (χ1n) is 13.6. The topological polar surface area (TPSA) is 63.2 Å². The van der Waals surface area contributed by atoms with Gasteiger partial charge in [-0.2, -0.15) is 8.75 Å². The van der Waals surface area contributed by atoms with Crippen molar-refractivity contribution in [2.45, 2.75) is 71.6 Å². The highest BCUT2D eigenvalue weighted by molar-refractivity contribution is 9.11. The molecule has 5 nitrogen and oxygen atoms in total. The summed E-state index contributed by atoms with van der Waals surface area (Å²) in [6, 6.07) is 7.89. The van der Waals surface area contributed by atoms with Crippen LogP contribution in [-0.2, 0) is 0 Å². The molecule has 1 atom stereocenters. The molecule has 0 saturated heterocycles. The number of hydrogen-bond acceptors (Lipinski definition) is 7. The van der Waals surface area contributed by atoms with E-state index in [2.05, 4.69) is 54.5 Å². The molecule has 0 spiro atoms. The van der Waals surface area contributed by atoms with Crippen LogP contribution in [0.1, 0.15) is 92.4 Å². The van der Waals surface area contributed by atoms with Crippen molar-refractivity contribution in [2.24, 2.45) is 5.92 Å². The molecule has 206 valence electrons. The van der Waals surface area contributed by atoms with Crippen LogP contribution in [0.3, 0.4) is 0 Å². The van der Waals surface area contributed by atoms with E-state index in [1.807, 2.05) is 24.3 Å².